The second-order valence-electron chi connectivity index (χ2n) is 6.27. The molecule has 1 heterocycles. The second kappa shape index (κ2) is 4.45. The molecule has 0 aromatic carbocycles. The van der Waals surface area contributed by atoms with Crippen molar-refractivity contribution in [2.75, 3.05) is 7.05 Å². The van der Waals surface area contributed by atoms with Crippen LogP contribution in [0, 0.1) is 0 Å². The van der Waals surface area contributed by atoms with Gasteiger partial charge in [-0.15, -0.1) is 0 Å². The number of ether oxygens (including phenoxy) is 1. The zero-order valence-electron chi connectivity index (χ0n) is 12.0. The Bertz CT molecular complexity index is 335. The van der Waals surface area contributed by atoms with Crippen molar-refractivity contribution in [3.8, 4) is 0 Å². The summed E-state index contributed by atoms with van der Waals surface area (Å²) in [7, 11) is 2.13. The number of hydrogen-bond acceptors (Lipinski definition) is 3. The number of hydrogen-bond donors (Lipinski definition) is 0. The molecule has 0 saturated carbocycles. The van der Waals surface area contributed by atoms with Gasteiger partial charge < -0.3 is 4.74 Å². The maximum atomic E-state index is 11.7. The van der Waals surface area contributed by atoms with Gasteiger partial charge in [-0.1, -0.05) is 6.58 Å². The normalized spacial score (nSPS) is 33.2. The van der Waals surface area contributed by atoms with Crippen LogP contribution in [-0.2, 0) is 9.53 Å². The summed E-state index contributed by atoms with van der Waals surface area (Å²) in [4.78, 5) is 14.0. The smallest absolute Gasteiger partial charge is 0.333 e. The van der Waals surface area contributed by atoms with Crippen LogP contribution in [0.1, 0.15) is 47.5 Å². The lowest BCUT2D eigenvalue weighted by Crippen LogP contribution is -2.58. The molecule has 1 fully saturated rings. The first-order valence-electron chi connectivity index (χ1n) is 6.19. The van der Waals surface area contributed by atoms with E-state index in [0.29, 0.717) is 11.6 Å². The number of piperidine rings is 1. The second-order valence-corrected chi connectivity index (χ2v) is 6.27. The van der Waals surface area contributed by atoms with Gasteiger partial charge in [-0.25, -0.2) is 4.79 Å². The van der Waals surface area contributed by atoms with E-state index in [1.807, 2.05) is 6.92 Å². The van der Waals surface area contributed by atoms with E-state index in [2.05, 4.69) is 39.3 Å². The molecule has 98 valence electrons. The van der Waals surface area contributed by atoms with Gasteiger partial charge in [0.2, 0.25) is 0 Å². The number of esters is 1. The van der Waals surface area contributed by atoms with Crippen molar-refractivity contribution < 1.29 is 9.53 Å². The Hall–Kier alpha value is -0.830. The summed E-state index contributed by atoms with van der Waals surface area (Å²) in [5, 5.41) is 0. The van der Waals surface area contributed by atoms with Crippen molar-refractivity contribution in [2.45, 2.75) is 64.6 Å². The number of carbonyl (C=O) groups is 1. The van der Waals surface area contributed by atoms with Crippen molar-refractivity contribution >= 4 is 5.97 Å². The van der Waals surface area contributed by atoms with Gasteiger partial charge in [-0.05, 0) is 41.7 Å². The first-order chi connectivity index (χ1) is 7.57. The van der Waals surface area contributed by atoms with Crippen LogP contribution in [0.5, 0.6) is 0 Å². The topological polar surface area (TPSA) is 29.5 Å². The van der Waals surface area contributed by atoms with Gasteiger partial charge in [0.1, 0.15) is 5.60 Å². The molecule has 17 heavy (non-hydrogen) atoms. The quantitative estimate of drug-likeness (QED) is 0.548. The van der Waals surface area contributed by atoms with Crippen LogP contribution >= 0.6 is 0 Å². The summed E-state index contributed by atoms with van der Waals surface area (Å²) in [6, 6.07) is 0.404. The van der Waals surface area contributed by atoms with Gasteiger partial charge in [-0.2, -0.15) is 0 Å². The third-order valence-corrected chi connectivity index (χ3v) is 3.84. The Kier molecular flexibility index (Phi) is 3.72. The number of carbonyl (C=O) groups excluding carboxylic acids is 1. The highest BCUT2D eigenvalue weighted by Crippen LogP contribution is 2.39. The summed E-state index contributed by atoms with van der Waals surface area (Å²) >= 11 is 0. The standard InChI is InChI=1S/C14H25NO2/c1-10(2)12(16)17-14(6)8-11(3)15(7)13(4,5)9-14/h11H,1,8-9H2,2-7H3. The average molecular weight is 239 g/mol. The third-order valence-electron chi connectivity index (χ3n) is 3.84. The Morgan fingerprint density at radius 3 is 2.35 bits per heavy atom. The van der Waals surface area contributed by atoms with Crippen molar-refractivity contribution in [3.05, 3.63) is 12.2 Å². The number of likely N-dealkylation sites (tertiary alicyclic amines) is 1. The molecule has 1 saturated heterocycles. The number of nitrogens with zero attached hydrogens (tertiary/aromatic N) is 1. The van der Waals surface area contributed by atoms with E-state index < -0.39 is 0 Å². The molecule has 0 aromatic heterocycles. The number of rotatable bonds is 2. The highest BCUT2D eigenvalue weighted by molar-refractivity contribution is 5.87. The van der Waals surface area contributed by atoms with Crippen LogP contribution in [-0.4, -0.2) is 35.1 Å². The summed E-state index contributed by atoms with van der Waals surface area (Å²) < 4.78 is 5.63. The lowest BCUT2D eigenvalue weighted by atomic mass is 9.77. The Morgan fingerprint density at radius 1 is 1.41 bits per heavy atom. The van der Waals surface area contributed by atoms with Gasteiger partial charge in [0.25, 0.3) is 0 Å². The molecule has 0 spiro atoms. The SMILES string of the molecule is C=C(C)C(=O)OC1(C)CC(C)N(C)C(C)(C)C1. The minimum Gasteiger partial charge on any atom is -0.456 e. The summed E-state index contributed by atoms with van der Waals surface area (Å²) in [5.41, 5.74) is 0.128. The molecule has 0 radical (unpaired) electrons. The van der Waals surface area contributed by atoms with Gasteiger partial charge in [0.05, 0.1) is 0 Å². The van der Waals surface area contributed by atoms with Crippen LogP contribution < -0.4 is 0 Å². The lowest BCUT2D eigenvalue weighted by Gasteiger charge is -2.51. The van der Waals surface area contributed by atoms with Crippen LogP contribution in [0.25, 0.3) is 0 Å². The van der Waals surface area contributed by atoms with E-state index in [9.17, 15) is 4.79 Å². The highest BCUT2D eigenvalue weighted by atomic mass is 16.6. The predicted molar refractivity (Wildman–Crippen MR) is 69.8 cm³/mol. The summed E-state index contributed by atoms with van der Waals surface area (Å²) in [6.07, 6.45) is 1.71. The molecule has 0 aliphatic carbocycles. The molecule has 0 aromatic rings. The first-order valence-corrected chi connectivity index (χ1v) is 6.19. The van der Waals surface area contributed by atoms with E-state index in [-0.39, 0.29) is 17.1 Å². The summed E-state index contributed by atoms with van der Waals surface area (Å²) in [6.45, 7) is 13.9. The van der Waals surface area contributed by atoms with Crippen LogP contribution in [0.2, 0.25) is 0 Å². The molecular formula is C14H25NO2. The maximum absolute atomic E-state index is 11.7. The first kappa shape index (κ1) is 14.2. The van der Waals surface area contributed by atoms with Crippen molar-refractivity contribution in [1.29, 1.82) is 0 Å². The Labute approximate surface area is 105 Å². The van der Waals surface area contributed by atoms with Crippen molar-refractivity contribution in [2.24, 2.45) is 0 Å². The summed E-state index contributed by atoms with van der Waals surface area (Å²) in [5.74, 6) is -0.278. The van der Waals surface area contributed by atoms with Crippen molar-refractivity contribution in [1.82, 2.24) is 4.90 Å². The molecule has 2 atom stereocenters. The molecule has 2 unspecified atom stereocenters. The monoisotopic (exact) mass is 239 g/mol. The predicted octanol–water partition coefficient (Wildman–Crippen LogP) is 2.76. The Morgan fingerprint density at radius 2 is 1.94 bits per heavy atom. The fourth-order valence-corrected chi connectivity index (χ4v) is 2.86. The van der Waals surface area contributed by atoms with Crippen LogP contribution in [0.4, 0.5) is 0 Å². The highest BCUT2D eigenvalue weighted by Gasteiger charge is 2.45. The molecule has 1 rings (SSSR count). The van der Waals surface area contributed by atoms with E-state index in [1.54, 1.807) is 6.92 Å². The molecule has 1 aliphatic heterocycles. The largest absolute Gasteiger partial charge is 0.456 e. The van der Waals surface area contributed by atoms with Gasteiger partial charge in [-0.3, -0.25) is 4.90 Å². The molecule has 3 heteroatoms. The van der Waals surface area contributed by atoms with Gasteiger partial charge in [0.15, 0.2) is 0 Å². The van der Waals surface area contributed by atoms with Gasteiger partial charge >= 0.3 is 5.97 Å². The molecule has 0 bridgehead atoms. The van der Waals surface area contributed by atoms with Crippen LogP contribution in [0.3, 0.4) is 0 Å². The van der Waals surface area contributed by atoms with E-state index in [0.717, 1.165) is 12.8 Å². The fourth-order valence-electron chi connectivity index (χ4n) is 2.86. The minimum absolute atomic E-state index is 0.0434. The minimum atomic E-state index is -0.383. The Balaban J connectivity index is 2.84. The van der Waals surface area contributed by atoms with Crippen molar-refractivity contribution in [3.63, 3.8) is 0 Å². The van der Waals surface area contributed by atoms with Crippen LogP contribution in [0.15, 0.2) is 12.2 Å². The van der Waals surface area contributed by atoms with E-state index >= 15 is 0 Å². The third kappa shape index (κ3) is 3.09. The van der Waals surface area contributed by atoms with Gasteiger partial charge in [0, 0.05) is 30.0 Å². The molecular weight excluding hydrogens is 214 g/mol. The van der Waals surface area contributed by atoms with E-state index in [4.69, 9.17) is 4.74 Å². The molecule has 0 N–H and O–H groups in total. The van der Waals surface area contributed by atoms with E-state index in [1.165, 1.54) is 0 Å². The molecule has 1 aliphatic rings. The molecule has 0 amide bonds. The lowest BCUT2D eigenvalue weighted by molar-refractivity contribution is -0.166. The average Bonchev–Trinajstić information content (AvgIpc) is 2.12. The molecule has 3 nitrogen and oxygen atoms in total. The zero-order valence-corrected chi connectivity index (χ0v) is 12.0. The maximum Gasteiger partial charge on any atom is 0.333 e. The zero-order chi connectivity index (χ0) is 13.4. The fraction of sp³-hybridized carbons (Fsp3) is 0.786.